The van der Waals surface area contributed by atoms with Crippen LogP contribution in [0, 0.1) is 0 Å². The third-order valence-electron chi connectivity index (χ3n) is 2.12. The van der Waals surface area contributed by atoms with Gasteiger partial charge in [0.15, 0.2) is 0 Å². The Bertz CT molecular complexity index is 433. The van der Waals surface area contributed by atoms with Crippen LogP contribution < -0.4 is 0 Å². The van der Waals surface area contributed by atoms with Gasteiger partial charge in [0.2, 0.25) is 6.10 Å². The Kier molecular flexibility index (Phi) is 4.92. The van der Waals surface area contributed by atoms with Crippen molar-refractivity contribution < 1.29 is 23.8 Å². The molecule has 0 saturated heterocycles. The normalized spacial score (nSPS) is 12.4. The minimum absolute atomic E-state index is 0.528. The summed E-state index contributed by atoms with van der Waals surface area (Å²) < 4.78 is 14.7. The molecule has 1 rings (SSSR count). The fourth-order valence-electron chi connectivity index (χ4n) is 1.36. The number of carbonyl (C=O) groups excluding carboxylic acids is 2. The van der Waals surface area contributed by atoms with Crippen LogP contribution in [-0.2, 0) is 19.0 Å². The van der Waals surface area contributed by atoms with Crippen LogP contribution in [0.4, 0.5) is 4.79 Å². The van der Waals surface area contributed by atoms with Gasteiger partial charge in [0.1, 0.15) is 5.60 Å². The van der Waals surface area contributed by atoms with E-state index in [0.29, 0.717) is 5.56 Å². The largest absolute Gasteiger partial charge is 0.509 e. The Labute approximate surface area is 112 Å². The molecule has 0 aliphatic heterocycles. The van der Waals surface area contributed by atoms with Crippen LogP contribution in [0.15, 0.2) is 30.3 Å². The maximum absolute atomic E-state index is 11.7. The van der Waals surface area contributed by atoms with Crippen LogP contribution in [-0.4, -0.2) is 24.8 Å². The van der Waals surface area contributed by atoms with E-state index >= 15 is 0 Å². The van der Waals surface area contributed by atoms with E-state index in [1.807, 2.05) is 0 Å². The Morgan fingerprint density at radius 1 is 1.11 bits per heavy atom. The molecule has 0 unspecified atom stereocenters. The molecule has 0 aromatic heterocycles. The first-order valence-electron chi connectivity index (χ1n) is 5.86. The van der Waals surface area contributed by atoms with Gasteiger partial charge < -0.3 is 14.2 Å². The molecule has 1 aromatic carbocycles. The van der Waals surface area contributed by atoms with Crippen molar-refractivity contribution in [1.82, 2.24) is 0 Å². The molecule has 19 heavy (non-hydrogen) atoms. The minimum atomic E-state index is -1.12. The average molecular weight is 266 g/mol. The molecular formula is C14H18O5. The molecule has 5 heteroatoms. The smallest absolute Gasteiger partial charge is 0.466 e. The number of benzene rings is 1. The molecule has 1 atom stereocenters. The number of rotatable bonds is 3. The van der Waals surface area contributed by atoms with Gasteiger partial charge in [0, 0.05) is 5.56 Å². The Morgan fingerprint density at radius 2 is 1.68 bits per heavy atom. The fraction of sp³-hybridized carbons (Fsp3) is 0.429. The third kappa shape index (κ3) is 4.99. The van der Waals surface area contributed by atoms with Crippen molar-refractivity contribution in [2.24, 2.45) is 0 Å². The molecule has 0 aliphatic carbocycles. The van der Waals surface area contributed by atoms with Gasteiger partial charge in [0.05, 0.1) is 7.11 Å². The number of carbonyl (C=O) groups is 2. The van der Waals surface area contributed by atoms with Gasteiger partial charge in [-0.25, -0.2) is 9.59 Å². The first kappa shape index (κ1) is 15.0. The molecule has 0 radical (unpaired) electrons. The molecule has 0 amide bonds. The van der Waals surface area contributed by atoms with Crippen molar-refractivity contribution >= 4 is 12.1 Å². The van der Waals surface area contributed by atoms with Crippen LogP contribution in [0.25, 0.3) is 0 Å². The molecule has 0 aliphatic rings. The molecule has 0 bridgehead atoms. The number of hydrogen-bond acceptors (Lipinski definition) is 5. The van der Waals surface area contributed by atoms with Gasteiger partial charge in [-0.05, 0) is 20.8 Å². The summed E-state index contributed by atoms with van der Waals surface area (Å²) in [7, 11) is 1.23. The number of hydrogen-bond donors (Lipinski definition) is 0. The summed E-state index contributed by atoms with van der Waals surface area (Å²) in [4.78, 5) is 23.3. The second-order valence-electron chi connectivity index (χ2n) is 4.90. The van der Waals surface area contributed by atoms with E-state index < -0.39 is 23.8 Å². The third-order valence-corrected chi connectivity index (χ3v) is 2.12. The molecule has 0 heterocycles. The second-order valence-corrected chi connectivity index (χ2v) is 4.90. The van der Waals surface area contributed by atoms with Gasteiger partial charge in [-0.3, -0.25) is 0 Å². The Hall–Kier alpha value is -2.04. The SMILES string of the molecule is COC(=O)[C@@H](OC(=O)OC(C)(C)C)c1ccccc1. The summed E-state index contributed by atoms with van der Waals surface area (Å²) in [6, 6.07) is 8.62. The molecule has 104 valence electrons. The summed E-state index contributed by atoms with van der Waals surface area (Å²) in [5, 5.41) is 0. The van der Waals surface area contributed by atoms with Crippen LogP contribution in [0.1, 0.15) is 32.4 Å². The number of ether oxygens (including phenoxy) is 3. The zero-order valence-electron chi connectivity index (χ0n) is 11.5. The second kappa shape index (κ2) is 6.22. The van der Waals surface area contributed by atoms with Gasteiger partial charge in [0.25, 0.3) is 0 Å². The predicted molar refractivity (Wildman–Crippen MR) is 68.5 cm³/mol. The van der Waals surface area contributed by atoms with E-state index in [4.69, 9.17) is 9.47 Å². The highest BCUT2D eigenvalue weighted by molar-refractivity contribution is 5.79. The minimum Gasteiger partial charge on any atom is -0.466 e. The maximum Gasteiger partial charge on any atom is 0.509 e. The Morgan fingerprint density at radius 3 is 2.16 bits per heavy atom. The van der Waals surface area contributed by atoms with E-state index in [-0.39, 0.29) is 0 Å². The predicted octanol–water partition coefficient (Wildman–Crippen LogP) is 2.85. The first-order chi connectivity index (χ1) is 8.83. The summed E-state index contributed by atoms with van der Waals surface area (Å²) in [6.45, 7) is 5.14. The lowest BCUT2D eigenvalue weighted by molar-refractivity contribution is -0.153. The van der Waals surface area contributed by atoms with Gasteiger partial charge in [-0.1, -0.05) is 30.3 Å². The lowest BCUT2D eigenvalue weighted by atomic mass is 10.1. The topological polar surface area (TPSA) is 61.8 Å². The first-order valence-corrected chi connectivity index (χ1v) is 5.86. The lowest BCUT2D eigenvalue weighted by Crippen LogP contribution is -2.28. The number of esters is 1. The Balaban J connectivity index is 2.83. The van der Waals surface area contributed by atoms with Crippen molar-refractivity contribution in [3.63, 3.8) is 0 Å². The van der Waals surface area contributed by atoms with Crippen molar-refractivity contribution in [2.45, 2.75) is 32.5 Å². The van der Waals surface area contributed by atoms with E-state index in [2.05, 4.69) is 4.74 Å². The van der Waals surface area contributed by atoms with Crippen molar-refractivity contribution in [2.75, 3.05) is 7.11 Å². The molecular weight excluding hydrogens is 248 g/mol. The average Bonchev–Trinajstić information content (AvgIpc) is 2.34. The molecule has 0 fully saturated rings. The van der Waals surface area contributed by atoms with Gasteiger partial charge in [-0.2, -0.15) is 0 Å². The highest BCUT2D eigenvalue weighted by atomic mass is 16.7. The quantitative estimate of drug-likeness (QED) is 0.787. The zero-order chi connectivity index (χ0) is 14.5. The molecule has 5 nitrogen and oxygen atoms in total. The van der Waals surface area contributed by atoms with E-state index in [1.165, 1.54) is 7.11 Å². The highest BCUT2D eigenvalue weighted by Crippen LogP contribution is 2.21. The van der Waals surface area contributed by atoms with Crippen molar-refractivity contribution in [3.8, 4) is 0 Å². The fourth-order valence-corrected chi connectivity index (χ4v) is 1.36. The summed E-state index contributed by atoms with van der Waals surface area (Å²) in [5.74, 6) is -0.656. The summed E-state index contributed by atoms with van der Waals surface area (Å²) in [6.07, 6.45) is -2.03. The van der Waals surface area contributed by atoms with Crippen LogP contribution in [0.3, 0.4) is 0 Å². The molecule has 1 aromatic rings. The maximum atomic E-state index is 11.7. The van der Waals surface area contributed by atoms with Gasteiger partial charge in [-0.15, -0.1) is 0 Å². The van der Waals surface area contributed by atoms with Crippen molar-refractivity contribution in [1.29, 1.82) is 0 Å². The molecule has 0 N–H and O–H groups in total. The van der Waals surface area contributed by atoms with E-state index in [0.717, 1.165) is 0 Å². The zero-order valence-corrected chi connectivity index (χ0v) is 11.5. The van der Waals surface area contributed by atoms with Crippen LogP contribution in [0.2, 0.25) is 0 Å². The molecule has 0 saturated carbocycles. The number of methoxy groups -OCH3 is 1. The van der Waals surface area contributed by atoms with E-state index in [9.17, 15) is 9.59 Å². The lowest BCUT2D eigenvalue weighted by Gasteiger charge is -2.21. The summed E-state index contributed by atoms with van der Waals surface area (Å²) in [5.41, 5.74) is -0.158. The van der Waals surface area contributed by atoms with Gasteiger partial charge >= 0.3 is 12.1 Å². The van der Waals surface area contributed by atoms with Crippen LogP contribution >= 0.6 is 0 Å². The summed E-state index contributed by atoms with van der Waals surface area (Å²) >= 11 is 0. The highest BCUT2D eigenvalue weighted by Gasteiger charge is 2.28. The standard InChI is InChI=1S/C14H18O5/c1-14(2,3)19-13(16)18-11(12(15)17-4)10-8-6-5-7-9-10/h5-9,11H,1-4H3/t11-/m0/s1. The molecule has 0 spiro atoms. The van der Waals surface area contributed by atoms with Crippen LogP contribution in [0.5, 0.6) is 0 Å². The van der Waals surface area contributed by atoms with Crippen molar-refractivity contribution in [3.05, 3.63) is 35.9 Å². The monoisotopic (exact) mass is 266 g/mol. The van der Waals surface area contributed by atoms with E-state index in [1.54, 1.807) is 51.1 Å².